The summed E-state index contributed by atoms with van der Waals surface area (Å²) in [7, 11) is 2.12. The molecule has 14 heavy (non-hydrogen) atoms. The van der Waals surface area contributed by atoms with Gasteiger partial charge in [0.1, 0.15) is 6.61 Å². The number of nitrogens with zero attached hydrogens (tertiary/aromatic N) is 1. The Morgan fingerprint density at radius 3 is 3.07 bits per heavy atom. The van der Waals surface area contributed by atoms with Gasteiger partial charge in [0.15, 0.2) is 0 Å². The van der Waals surface area contributed by atoms with Crippen molar-refractivity contribution < 1.29 is 9.53 Å². The highest BCUT2D eigenvalue weighted by Gasteiger charge is 2.17. The van der Waals surface area contributed by atoms with Gasteiger partial charge in [-0.3, -0.25) is 4.79 Å². The molecule has 3 N–H and O–H groups in total. The number of hydrogen-bond acceptors (Lipinski definition) is 4. The summed E-state index contributed by atoms with van der Waals surface area (Å²) in [5.41, 5.74) is 4.92. The van der Waals surface area contributed by atoms with Gasteiger partial charge in [-0.1, -0.05) is 0 Å². The Morgan fingerprint density at radius 2 is 2.50 bits per heavy atom. The second kappa shape index (κ2) is 5.95. The molecule has 1 aliphatic heterocycles. The molecule has 1 amide bonds. The molecule has 5 heteroatoms. The molecule has 0 aliphatic carbocycles. The largest absolute Gasteiger partial charge is 0.370 e. The van der Waals surface area contributed by atoms with E-state index in [4.69, 9.17) is 10.5 Å². The van der Waals surface area contributed by atoms with Gasteiger partial charge in [0, 0.05) is 19.1 Å². The van der Waals surface area contributed by atoms with E-state index in [0.717, 1.165) is 19.6 Å². The number of nitrogens with two attached hydrogens (primary N) is 1. The molecule has 1 heterocycles. The molecule has 1 saturated heterocycles. The lowest BCUT2D eigenvalue weighted by molar-refractivity contribution is -0.122. The van der Waals surface area contributed by atoms with Gasteiger partial charge in [0.05, 0.1) is 6.61 Å². The third-order valence-corrected chi connectivity index (χ3v) is 2.32. The molecule has 0 bridgehead atoms. The topological polar surface area (TPSA) is 67.6 Å². The first-order valence-electron chi connectivity index (χ1n) is 4.96. The first kappa shape index (κ1) is 11.4. The van der Waals surface area contributed by atoms with Crippen molar-refractivity contribution in [1.29, 1.82) is 0 Å². The van der Waals surface area contributed by atoms with Gasteiger partial charge in [-0.15, -0.1) is 0 Å². The van der Waals surface area contributed by atoms with Crippen LogP contribution in [-0.2, 0) is 9.53 Å². The van der Waals surface area contributed by atoms with Crippen molar-refractivity contribution >= 4 is 5.91 Å². The Bertz CT molecular complexity index is 187. The summed E-state index contributed by atoms with van der Waals surface area (Å²) in [5.74, 6) is -0.411. The molecule has 82 valence electrons. The molecule has 5 nitrogen and oxygen atoms in total. The summed E-state index contributed by atoms with van der Waals surface area (Å²) in [6, 6.07) is 0.567. The van der Waals surface area contributed by atoms with Gasteiger partial charge < -0.3 is 20.7 Å². The molecule has 0 aromatic rings. The van der Waals surface area contributed by atoms with Crippen LogP contribution in [0.2, 0.25) is 0 Å². The number of carbonyl (C=O) groups is 1. The Kier molecular flexibility index (Phi) is 4.86. The number of ether oxygens (including phenoxy) is 1. The molecule has 1 atom stereocenters. The van der Waals surface area contributed by atoms with Crippen LogP contribution in [-0.4, -0.2) is 56.7 Å². The molecule has 0 saturated carbocycles. The second-order valence-corrected chi connectivity index (χ2v) is 3.72. The van der Waals surface area contributed by atoms with Crippen molar-refractivity contribution in [3.8, 4) is 0 Å². The van der Waals surface area contributed by atoms with Gasteiger partial charge in [-0.05, 0) is 20.0 Å². The van der Waals surface area contributed by atoms with Gasteiger partial charge >= 0.3 is 0 Å². The molecule has 1 unspecified atom stereocenters. The summed E-state index contributed by atoms with van der Waals surface area (Å²) in [6.45, 7) is 3.59. The number of rotatable bonds is 6. The summed E-state index contributed by atoms with van der Waals surface area (Å²) < 4.78 is 5.03. The average Bonchev–Trinajstić information content (AvgIpc) is 2.50. The van der Waals surface area contributed by atoms with Crippen LogP contribution in [0.15, 0.2) is 0 Å². The lowest BCUT2D eigenvalue weighted by atomic mass is 10.3. The summed E-state index contributed by atoms with van der Waals surface area (Å²) >= 11 is 0. The summed E-state index contributed by atoms with van der Waals surface area (Å²) in [6.07, 6.45) is 1.19. The number of carbonyl (C=O) groups excluding carboxylic acids is 1. The fraction of sp³-hybridized carbons (Fsp3) is 0.889. The number of likely N-dealkylation sites (tertiary alicyclic amines) is 1. The molecule has 0 spiro atoms. The lowest BCUT2D eigenvalue weighted by Gasteiger charge is -2.12. The van der Waals surface area contributed by atoms with Crippen LogP contribution < -0.4 is 11.1 Å². The Labute approximate surface area is 84.6 Å². The minimum absolute atomic E-state index is 0.0201. The molecule has 1 rings (SSSR count). The maximum Gasteiger partial charge on any atom is 0.243 e. The highest BCUT2D eigenvalue weighted by molar-refractivity contribution is 5.74. The van der Waals surface area contributed by atoms with Crippen LogP contribution in [0.4, 0.5) is 0 Å². The van der Waals surface area contributed by atoms with Gasteiger partial charge in [0.25, 0.3) is 0 Å². The molecular weight excluding hydrogens is 182 g/mol. The van der Waals surface area contributed by atoms with Crippen LogP contribution in [0.5, 0.6) is 0 Å². The van der Waals surface area contributed by atoms with Crippen molar-refractivity contribution in [3.63, 3.8) is 0 Å². The van der Waals surface area contributed by atoms with Crippen LogP contribution in [0, 0.1) is 0 Å². The van der Waals surface area contributed by atoms with E-state index in [1.54, 1.807) is 0 Å². The van der Waals surface area contributed by atoms with Crippen LogP contribution >= 0.6 is 0 Å². The van der Waals surface area contributed by atoms with E-state index in [2.05, 4.69) is 17.3 Å². The fourth-order valence-electron chi connectivity index (χ4n) is 1.61. The molecule has 0 aromatic heterocycles. The normalized spacial score (nSPS) is 22.8. The van der Waals surface area contributed by atoms with E-state index in [9.17, 15) is 4.79 Å². The van der Waals surface area contributed by atoms with E-state index in [1.165, 1.54) is 6.42 Å². The second-order valence-electron chi connectivity index (χ2n) is 3.72. The van der Waals surface area contributed by atoms with Crippen molar-refractivity contribution in [2.75, 3.05) is 39.9 Å². The van der Waals surface area contributed by atoms with E-state index in [-0.39, 0.29) is 6.61 Å². The quantitative estimate of drug-likeness (QED) is 0.529. The Morgan fingerprint density at radius 1 is 1.71 bits per heavy atom. The number of amides is 1. The van der Waals surface area contributed by atoms with Crippen molar-refractivity contribution in [1.82, 2.24) is 10.2 Å². The highest BCUT2D eigenvalue weighted by atomic mass is 16.5. The maximum absolute atomic E-state index is 10.3. The average molecular weight is 201 g/mol. The SMILES string of the molecule is CN1CCC(NCCOCC(N)=O)C1. The Hall–Kier alpha value is -0.650. The molecule has 0 radical (unpaired) electrons. The van der Waals surface area contributed by atoms with Gasteiger partial charge in [-0.25, -0.2) is 0 Å². The summed E-state index contributed by atoms with van der Waals surface area (Å²) in [5, 5.41) is 3.37. The lowest BCUT2D eigenvalue weighted by Crippen LogP contribution is -2.34. The molecule has 0 aromatic carbocycles. The van der Waals surface area contributed by atoms with E-state index in [1.807, 2.05) is 0 Å². The van der Waals surface area contributed by atoms with Crippen molar-refractivity contribution in [2.24, 2.45) is 5.73 Å². The zero-order valence-corrected chi connectivity index (χ0v) is 8.66. The Balaban J connectivity index is 1.91. The van der Waals surface area contributed by atoms with Crippen molar-refractivity contribution in [2.45, 2.75) is 12.5 Å². The van der Waals surface area contributed by atoms with E-state index < -0.39 is 5.91 Å². The third kappa shape index (κ3) is 4.55. The first-order chi connectivity index (χ1) is 6.68. The zero-order chi connectivity index (χ0) is 10.4. The maximum atomic E-state index is 10.3. The van der Waals surface area contributed by atoms with E-state index >= 15 is 0 Å². The van der Waals surface area contributed by atoms with Crippen LogP contribution in [0.25, 0.3) is 0 Å². The van der Waals surface area contributed by atoms with Gasteiger partial charge in [-0.2, -0.15) is 0 Å². The van der Waals surface area contributed by atoms with Crippen LogP contribution in [0.1, 0.15) is 6.42 Å². The molecule has 1 aliphatic rings. The number of nitrogens with one attached hydrogen (secondary N) is 1. The number of likely N-dealkylation sites (N-methyl/N-ethyl adjacent to an activating group) is 1. The predicted octanol–water partition coefficient (Wildman–Crippen LogP) is -1.22. The standard InChI is InChI=1S/C9H19N3O2/c1-12-4-2-8(6-12)11-3-5-14-7-9(10)13/h8,11H,2-7H2,1H3,(H2,10,13). The number of hydrogen-bond donors (Lipinski definition) is 2. The fourth-order valence-corrected chi connectivity index (χ4v) is 1.61. The third-order valence-electron chi connectivity index (χ3n) is 2.32. The summed E-state index contributed by atoms with van der Waals surface area (Å²) in [4.78, 5) is 12.6. The minimum Gasteiger partial charge on any atom is -0.370 e. The minimum atomic E-state index is -0.411. The smallest absolute Gasteiger partial charge is 0.243 e. The van der Waals surface area contributed by atoms with Gasteiger partial charge in [0.2, 0.25) is 5.91 Å². The highest BCUT2D eigenvalue weighted by Crippen LogP contribution is 2.05. The van der Waals surface area contributed by atoms with E-state index in [0.29, 0.717) is 12.6 Å². The first-order valence-corrected chi connectivity index (χ1v) is 4.96. The number of primary amides is 1. The van der Waals surface area contributed by atoms with Crippen molar-refractivity contribution in [3.05, 3.63) is 0 Å². The monoisotopic (exact) mass is 201 g/mol. The predicted molar refractivity (Wildman–Crippen MR) is 53.9 cm³/mol. The molecule has 1 fully saturated rings. The zero-order valence-electron chi connectivity index (χ0n) is 8.66. The molecular formula is C9H19N3O2. The van der Waals surface area contributed by atoms with Crippen LogP contribution in [0.3, 0.4) is 0 Å².